The van der Waals surface area contributed by atoms with Gasteiger partial charge in [-0.25, -0.2) is 4.21 Å². The standard InChI is InChI=1S/C20H21NO3S/c22-20-19(25-23)18(14-16-8-3-1-4-9-16)21(20)12-7-13-24-15-17-10-5-2-6-11-17/h1-6,8-11,18H,7,12-15H2. The van der Waals surface area contributed by atoms with Crippen LogP contribution in [0.15, 0.2) is 60.7 Å². The van der Waals surface area contributed by atoms with Crippen molar-refractivity contribution in [3.05, 3.63) is 71.8 Å². The maximum atomic E-state index is 12.1. The van der Waals surface area contributed by atoms with Gasteiger partial charge in [-0.3, -0.25) is 4.79 Å². The molecule has 25 heavy (non-hydrogen) atoms. The Balaban J connectivity index is 1.47. The highest BCUT2D eigenvalue weighted by molar-refractivity contribution is 7.69. The average molecular weight is 355 g/mol. The zero-order valence-corrected chi connectivity index (χ0v) is 14.8. The topological polar surface area (TPSA) is 46.6 Å². The lowest BCUT2D eigenvalue weighted by Gasteiger charge is -2.40. The number of rotatable bonds is 8. The summed E-state index contributed by atoms with van der Waals surface area (Å²) in [6.07, 6.45) is 1.46. The van der Waals surface area contributed by atoms with Crippen LogP contribution in [0.25, 0.3) is 0 Å². The second-order valence-corrected chi connectivity index (χ2v) is 6.65. The van der Waals surface area contributed by atoms with Crippen molar-refractivity contribution in [2.24, 2.45) is 0 Å². The van der Waals surface area contributed by atoms with Gasteiger partial charge in [0.2, 0.25) is 0 Å². The summed E-state index contributed by atoms with van der Waals surface area (Å²) >= 11 is 0.336. The van der Waals surface area contributed by atoms with E-state index in [-0.39, 0.29) is 11.9 Å². The maximum Gasteiger partial charge on any atom is 0.265 e. The van der Waals surface area contributed by atoms with Crippen LogP contribution in [0.5, 0.6) is 0 Å². The molecule has 2 aromatic rings. The molecular weight excluding hydrogens is 334 g/mol. The van der Waals surface area contributed by atoms with Gasteiger partial charge in [-0.1, -0.05) is 60.7 Å². The van der Waals surface area contributed by atoms with E-state index < -0.39 is 0 Å². The molecule has 130 valence electrons. The summed E-state index contributed by atoms with van der Waals surface area (Å²) in [6.45, 7) is 1.79. The van der Waals surface area contributed by atoms with Crippen molar-refractivity contribution in [1.29, 1.82) is 0 Å². The number of amides is 1. The van der Waals surface area contributed by atoms with E-state index in [0.717, 1.165) is 17.5 Å². The van der Waals surface area contributed by atoms with Gasteiger partial charge in [-0.2, -0.15) is 0 Å². The van der Waals surface area contributed by atoms with E-state index in [1.165, 1.54) is 0 Å². The van der Waals surface area contributed by atoms with Gasteiger partial charge in [-0.15, -0.1) is 0 Å². The fourth-order valence-corrected chi connectivity index (χ4v) is 3.50. The van der Waals surface area contributed by atoms with Crippen molar-refractivity contribution in [1.82, 2.24) is 4.90 Å². The minimum atomic E-state index is -0.121. The maximum absolute atomic E-state index is 12.1. The fraction of sp³-hybridized carbons (Fsp3) is 0.300. The second-order valence-electron chi connectivity index (χ2n) is 6.04. The summed E-state index contributed by atoms with van der Waals surface area (Å²) in [7, 11) is 0. The number of carbonyl (C=O) groups is 1. The molecule has 1 fully saturated rings. The van der Waals surface area contributed by atoms with Crippen molar-refractivity contribution in [2.75, 3.05) is 13.2 Å². The van der Waals surface area contributed by atoms with Gasteiger partial charge in [0.05, 0.1) is 12.6 Å². The van der Waals surface area contributed by atoms with E-state index in [9.17, 15) is 9.00 Å². The van der Waals surface area contributed by atoms with Crippen molar-refractivity contribution in [2.45, 2.75) is 25.5 Å². The number of hydrogen-bond donors (Lipinski definition) is 0. The number of nitrogens with zero attached hydrogens (tertiary/aromatic N) is 1. The molecule has 0 aliphatic carbocycles. The molecule has 2 aromatic carbocycles. The van der Waals surface area contributed by atoms with Crippen LogP contribution in [-0.4, -0.2) is 39.1 Å². The molecule has 0 bridgehead atoms. The summed E-state index contributed by atoms with van der Waals surface area (Å²) in [5.41, 5.74) is 2.28. The molecule has 4 nitrogen and oxygen atoms in total. The number of likely N-dealkylation sites (tertiary alicyclic amines) is 1. The van der Waals surface area contributed by atoms with E-state index in [1.54, 1.807) is 4.90 Å². The first-order valence-electron chi connectivity index (χ1n) is 8.43. The summed E-state index contributed by atoms with van der Waals surface area (Å²) in [5.74, 6) is -0.121. The molecule has 0 spiro atoms. The van der Waals surface area contributed by atoms with Crippen molar-refractivity contribution in [3.8, 4) is 0 Å². The van der Waals surface area contributed by atoms with Crippen molar-refractivity contribution >= 4 is 22.0 Å². The molecule has 0 radical (unpaired) electrons. The molecule has 0 aromatic heterocycles. The van der Waals surface area contributed by atoms with Crippen LogP contribution in [0.1, 0.15) is 17.5 Å². The Labute approximate surface area is 151 Å². The first kappa shape index (κ1) is 17.6. The Bertz CT molecular complexity index is 757. The molecule has 1 atom stereocenters. The normalized spacial score (nSPS) is 16.6. The van der Waals surface area contributed by atoms with Crippen LogP contribution in [0, 0.1) is 0 Å². The second kappa shape index (κ2) is 8.74. The lowest BCUT2D eigenvalue weighted by molar-refractivity contribution is -0.130. The molecule has 0 saturated carbocycles. The number of hydrogen-bond acceptors (Lipinski definition) is 3. The Hall–Kier alpha value is -2.24. The summed E-state index contributed by atoms with van der Waals surface area (Å²) in [6, 6.07) is 19.9. The molecule has 1 unspecified atom stereocenters. The fourth-order valence-electron chi connectivity index (χ4n) is 2.99. The number of ether oxygens (including phenoxy) is 1. The van der Waals surface area contributed by atoms with Gasteiger partial charge >= 0.3 is 0 Å². The average Bonchev–Trinajstić information content (AvgIpc) is 2.66. The predicted octanol–water partition coefficient (Wildman–Crippen LogP) is 2.43. The van der Waals surface area contributed by atoms with Crippen LogP contribution in [-0.2, 0) is 33.8 Å². The van der Waals surface area contributed by atoms with Gasteiger partial charge in [0.25, 0.3) is 5.91 Å². The molecule has 5 heteroatoms. The molecule has 1 aliphatic rings. The van der Waals surface area contributed by atoms with Gasteiger partial charge in [0.15, 0.2) is 0 Å². The van der Waals surface area contributed by atoms with Gasteiger partial charge in [0.1, 0.15) is 16.1 Å². The van der Waals surface area contributed by atoms with E-state index >= 15 is 0 Å². The third kappa shape index (κ3) is 4.44. The molecule has 1 amide bonds. The van der Waals surface area contributed by atoms with E-state index in [0.29, 0.717) is 42.3 Å². The summed E-state index contributed by atoms with van der Waals surface area (Å²) < 4.78 is 16.9. The highest BCUT2D eigenvalue weighted by Crippen LogP contribution is 2.20. The quantitative estimate of drug-likeness (QED) is 0.415. The zero-order chi connectivity index (χ0) is 17.5. The molecule has 1 heterocycles. The minimum absolute atomic E-state index is 0.0912. The van der Waals surface area contributed by atoms with Crippen LogP contribution >= 0.6 is 0 Å². The number of benzene rings is 2. The van der Waals surface area contributed by atoms with Gasteiger partial charge in [-0.05, 0) is 24.0 Å². The SMILES string of the molecule is O=S=C1C(=O)N(CCCOCc2ccccc2)C1Cc1ccccc1. The molecule has 3 rings (SSSR count). The van der Waals surface area contributed by atoms with Crippen molar-refractivity contribution in [3.63, 3.8) is 0 Å². The van der Waals surface area contributed by atoms with Crippen LogP contribution < -0.4 is 0 Å². The Morgan fingerprint density at radius 2 is 1.60 bits per heavy atom. The number of carbonyl (C=O) groups excluding carboxylic acids is 1. The highest BCUT2D eigenvalue weighted by Gasteiger charge is 2.42. The Morgan fingerprint density at radius 1 is 0.960 bits per heavy atom. The van der Waals surface area contributed by atoms with E-state index in [4.69, 9.17) is 4.74 Å². The lowest BCUT2D eigenvalue weighted by Crippen LogP contribution is -2.63. The Kier molecular flexibility index (Phi) is 6.14. The van der Waals surface area contributed by atoms with Crippen LogP contribution in [0.2, 0.25) is 0 Å². The number of β-lactam (4-membered cyclic amide) rings is 1. The van der Waals surface area contributed by atoms with E-state index in [2.05, 4.69) is 0 Å². The molecule has 1 saturated heterocycles. The highest BCUT2D eigenvalue weighted by atomic mass is 32.1. The molecule has 0 N–H and O–H groups in total. The van der Waals surface area contributed by atoms with E-state index in [1.807, 2.05) is 60.7 Å². The summed E-state index contributed by atoms with van der Waals surface area (Å²) in [5, 5.41) is 0. The van der Waals surface area contributed by atoms with Crippen LogP contribution in [0.4, 0.5) is 0 Å². The predicted molar refractivity (Wildman–Crippen MR) is 99.5 cm³/mol. The third-order valence-electron chi connectivity index (χ3n) is 4.31. The summed E-state index contributed by atoms with van der Waals surface area (Å²) in [4.78, 5) is 14.3. The largest absolute Gasteiger partial charge is 0.377 e. The van der Waals surface area contributed by atoms with Gasteiger partial charge < -0.3 is 9.64 Å². The monoisotopic (exact) mass is 355 g/mol. The zero-order valence-electron chi connectivity index (χ0n) is 14.0. The third-order valence-corrected chi connectivity index (χ3v) is 4.94. The first-order valence-corrected chi connectivity index (χ1v) is 9.17. The smallest absolute Gasteiger partial charge is 0.265 e. The molecule has 1 aliphatic heterocycles. The lowest BCUT2D eigenvalue weighted by atomic mass is 9.94. The minimum Gasteiger partial charge on any atom is -0.377 e. The van der Waals surface area contributed by atoms with Crippen molar-refractivity contribution < 1.29 is 13.7 Å². The molecular formula is C20H21NO3S. The first-order chi connectivity index (χ1) is 12.3. The Morgan fingerprint density at radius 3 is 2.24 bits per heavy atom. The van der Waals surface area contributed by atoms with Crippen LogP contribution in [0.3, 0.4) is 0 Å². The van der Waals surface area contributed by atoms with Gasteiger partial charge in [0, 0.05) is 13.2 Å².